The summed E-state index contributed by atoms with van der Waals surface area (Å²) in [5.74, 6) is 4.37. The summed E-state index contributed by atoms with van der Waals surface area (Å²) in [6.45, 7) is 1.84. The van der Waals surface area contributed by atoms with Gasteiger partial charge in [0.2, 0.25) is 0 Å². The second-order valence-corrected chi connectivity index (χ2v) is 7.89. The van der Waals surface area contributed by atoms with Crippen molar-refractivity contribution in [2.24, 2.45) is 16.7 Å². The predicted molar refractivity (Wildman–Crippen MR) is 116 cm³/mol. The Bertz CT molecular complexity index is 1080. The van der Waals surface area contributed by atoms with Crippen molar-refractivity contribution in [2.45, 2.75) is 17.1 Å². The second-order valence-electron chi connectivity index (χ2n) is 6.38. The van der Waals surface area contributed by atoms with Crippen LogP contribution in [0.5, 0.6) is 11.5 Å². The molecule has 0 radical (unpaired) electrons. The monoisotopic (exact) mass is 446 g/mol. The molecule has 0 aliphatic heterocycles. The lowest BCUT2D eigenvalue weighted by Gasteiger charge is -2.15. The van der Waals surface area contributed by atoms with E-state index in [-0.39, 0.29) is 29.2 Å². The summed E-state index contributed by atoms with van der Waals surface area (Å²) < 4.78 is 32.6. The molecule has 8 nitrogen and oxygen atoms in total. The Hall–Kier alpha value is -3.44. The van der Waals surface area contributed by atoms with Gasteiger partial charge in [0.25, 0.3) is 0 Å². The van der Waals surface area contributed by atoms with Gasteiger partial charge >= 0.3 is 0 Å². The molecule has 3 aromatic rings. The number of nitrogens with one attached hydrogen (secondary N) is 1. The number of benzene rings is 1. The number of pyridine rings is 2. The van der Waals surface area contributed by atoms with Gasteiger partial charge in [-0.05, 0) is 30.3 Å². The van der Waals surface area contributed by atoms with Crippen LogP contribution in [0.25, 0.3) is 0 Å². The largest absolute Gasteiger partial charge is 0.453 e. The number of hydrogen-bond donors (Lipinski definition) is 4. The Morgan fingerprint density at radius 2 is 2.00 bits per heavy atom. The second kappa shape index (κ2) is 10.0. The molecule has 1 aromatic carbocycles. The third-order valence-electron chi connectivity index (χ3n) is 3.99. The molecule has 1 atom stereocenters. The number of rotatable bonds is 8. The van der Waals surface area contributed by atoms with Crippen LogP contribution in [0.15, 0.2) is 58.8 Å². The molecule has 0 aliphatic carbocycles. The normalized spacial score (nSPS) is 12.5. The average Bonchev–Trinajstić information content (AvgIpc) is 2.78. The van der Waals surface area contributed by atoms with E-state index in [0.717, 1.165) is 17.0 Å². The molecule has 2 heterocycles. The molecule has 0 saturated heterocycles. The molecule has 6 N–H and O–H groups in total. The van der Waals surface area contributed by atoms with Gasteiger partial charge in [-0.25, -0.2) is 18.7 Å². The predicted octanol–water partition coefficient (Wildman–Crippen LogP) is 3.34. The molecular weight excluding hydrogens is 426 g/mol. The van der Waals surface area contributed by atoms with E-state index in [1.54, 1.807) is 24.4 Å². The van der Waals surface area contributed by atoms with Crippen molar-refractivity contribution in [2.75, 3.05) is 11.9 Å². The topological polar surface area (TPSA) is 132 Å². The highest BCUT2D eigenvalue weighted by atomic mass is 32.2. The first-order valence-electron chi connectivity index (χ1n) is 9.07. The molecule has 0 bridgehead atoms. The molecule has 0 amide bonds. The zero-order chi connectivity index (χ0) is 22.4. The smallest absolute Gasteiger partial charge is 0.175 e. The highest BCUT2D eigenvalue weighted by Gasteiger charge is 2.13. The van der Waals surface area contributed by atoms with Crippen LogP contribution in [-0.2, 0) is 0 Å². The van der Waals surface area contributed by atoms with E-state index < -0.39 is 11.6 Å². The fourth-order valence-electron chi connectivity index (χ4n) is 2.41. The number of hydrazone groups is 1. The van der Waals surface area contributed by atoms with Gasteiger partial charge in [0.1, 0.15) is 11.6 Å². The number of anilines is 2. The Kier molecular flexibility index (Phi) is 7.21. The van der Waals surface area contributed by atoms with Crippen LogP contribution in [0, 0.1) is 11.6 Å². The van der Waals surface area contributed by atoms with E-state index in [1.807, 2.05) is 6.92 Å². The highest BCUT2D eigenvalue weighted by Crippen LogP contribution is 2.35. The molecule has 3 rings (SSSR count). The van der Waals surface area contributed by atoms with Crippen LogP contribution in [0.4, 0.5) is 20.4 Å². The Morgan fingerprint density at radius 3 is 2.65 bits per heavy atom. The Morgan fingerprint density at radius 1 is 1.19 bits per heavy atom. The van der Waals surface area contributed by atoms with Crippen molar-refractivity contribution < 1.29 is 18.6 Å². The zero-order valence-corrected chi connectivity index (χ0v) is 17.2. The fourth-order valence-corrected chi connectivity index (χ4v) is 3.24. The molecule has 11 heteroatoms. The van der Waals surface area contributed by atoms with E-state index in [2.05, 4.69) is 20.4 Å². The number of nitrogens with two attached hydrogens (primary N) is 2. The SMILES string of the molecule is CC(CO)Sc1cnc(Nc2ccc(/C(N)=N/N)cn2)c(Oc2ccc(F)c(F)c2)c1. The maximum atomic E-state index is 13.6. The minimum atomic E-state index is -1.03. The lowest BCUT2D eigenvalue weighted by atomic mass is 10.2. The van der Waals surface area contributed by atoms with Crippen LogP contribution in [0.1, 0.15) is 12.5 Å². The summed E-state index contributed by atoms with van der Waals surface area (Å²) in [6.07, 6.45) is 3.09. The average molecular weight is 446 g/mol. The van der Waals surface area contributed by atoms with Crippen molar-refractivity contribution >= 4 is 29.2 Å². The van der Waals surface area contributed by atoms with Crippen LogP contribution in [0.3, 0.4) is 0 Å². The summed E-state index contributed by atoms with van der Waals surface area (Å²) in [6, 6.07) is 8.22. The van der Waals surface area contributed by atoms with E-state index in [1.165, 1.54) is 24.0 Å². The summed E-state index contributed by atoms with van der Waals surface area (Å²) in [4.78, 5) is 9.31. The number of halogens is 2. The number of thioether (sulfide) groups is 1. The van der Waals surface area contributed by atoms with Crippen molar-refractivity contribution in [3.8, 4) is 11.5 Å². The number of nitrogens with zero attached hydrogens (tertiary/aromatic N) is 3. The molecule has 2 aromatic heterocycles. The minimum absolute atomic E-state index is 0.0183. The highest BCUT2D eigenvalue weighted by molar-refractivity contribution is 8.00. The van der Waals surface area contributed by atoms with Gasteiger partial charge in [-0.1, -0.05) is 6.92 Å². The summed E-state index contributed by atoms with van der Waals surface area (Å²) in [7, 11) is 0. The van der Waals surface area contributed by atoms with Crippen molar-refractivity contribution in [1.82, 2.24) is 9.97 Å². The number of hydrogen-bond acceptors (Lipinski definition) is 8. The van der Waals surface area contributed by atoms with Crippen LogP contribution in [0.2, 0.25) is 0 Å². The van der Waals surface area contributed by atoms with Gasteiger partial charge in [-0.15, -0.1) is 11.8 Å². The quantitative estimate of drug-likeness (QED) is 0.136. The maximum Gasteiger partial charge on any atom is 0.175 e. The zero-order valence-electron chi connectivity index (χ0n) is 16.4. The molecule has 0 fully saturated rings. The van der Waals surface area contributed by atoms with Gasteiger partial charge in [-0.3, -0.25) is 0 Å². The van der Waals surface area contributed by atoms with Crippen molar-refractivity contribution in [3.05, 3.63) is 66.0 Å². The molecule has 1 unspecified atom stereocenters. The standard InChI is InChI=1S/C20H20F2N6O2S/c1-11(10-29)31-14-7-17(30-13-3-4-15(21)16(22)6-13)20(26-9-14)27-18-5-2-12(8-25-18)19(23)28-24/h2-9,11,29H,10,24H2,1H3,(H2,23,28)(H,25,26,27). The van der Waals surface area contributed by atoms with Gasteiger partial charge < -0.3 is 26.7 Å². The molecule has 162 valence electrons. The molecule has 0 spiro atoms. The first-order chi connectivity index (χ1) is 14.9. The summed E-state index contributed by atoms with van der Waals surface area (Å²) >= 11 is 1.39. The Labute approximate surface area is 181 Å². The number of aliphatic hydroxyl groups excluding tert-OH is 1. The van der Waals surface area contributed by atoms with Crippen LogP contribution < -0.4 is 21.6 Å². The van der Waals surface area contributed by atoms with Gasteiger partial charge in [0.05, 0.1) is 6.61 Å². The van der Waals surface area contributed by atoms with E-state index in [4.69, 9.17) is 16.3 Å². The first-order valence-corrected chi connectivity index (χ1v) is 9.95. The fraction of sp³-hybridized carbons (Fsp3) is 0.150. The Balaban J connectivity index is 1.91. The summed E-state index contributed by atoms with van der Waals surface area (Å²) in [5, 5.41) is 15.6. The third-order valence-corrected chi connectivity index (χ3v) is 5.03. The number of ether oxygens (including phenoxy) is 1. The molecule has 31 heavy (non-hydrogen) atoms. The lowest BCUT2D eigenvalue weighted by Crippen LogP contribution is -2.15. The van der Waals surface area contributed by atoms with Crippen molar-refractivity contribution in [1.29, 1.82) is 0 Å². The van der Waals surface area contributed by atoms with Gasteiger partial charge in [0.15, 0.2) is 29.0 Å². The minimum Gasteiger partial charge on any atom is -0.453 e. The molecule has 0 aliphatic rings. The van der Waals surface area contributed by atoms with Gasteiger partial charge in [0, 0.05) is 34.2 Å². The van der Waals surface area contributed by atoms with Crippen LogP contribution in [-0.4, -0.2) is 32.8 Å². The first kappa shape index (κ1) is 22.2. The van der Waals surface area contributed by atoms with Gasteiger partial charge in [-0.2, -0.15) is 5.10 Å². The number of aliphatic hydroxyl groups is 1. The molecule has 0 saturated carbocycles. The van der Waals surface area contributed by atoms with E-state index >= 15 is 0 Å². The third kappa shape index (κ3) is 5.80. The number of amidine groups is 1. The van der Waals surface area contributed by atoms with Crippen LogP contribution >= 0.6 is 11.8 Å². The van der Waals surface area contributed by atoms with Crippen molar-refractivity contribution in [3.63, 3.8) is 0 Å². The van der Waals surface area contributed by atoms with E-state index in [9.17, 15) is 13.9 Å². The lowest BCUT2D eigenvalue weighted by molar-refractivity contribution is 0.300. The number of aromatic nitrogens is 2. The maximum absolute atomic E-state index is 13.6. The molecular formula is C20H20F2N6O2S. The summed E-state index contributed by atoms with van der Waals surface area (Å²) in [5.41, 5.74) is 6.20. The van der Waals surface area contributed by atoms with E-state index in [0.29, 0.717) is 17.2 Å².